The van der Waals surface area contributed by atoms with Gasteiger partial charge in [0.2, 0.25) is 5.91 Å². The summed E-state index contributed by atoms with van der Waals surface area (Å²) in [6.45, 7) is 1.73. The lowest BCUT2D eigenvalue weighted by atomic mass is 10.0. The zero-order valence-corrected chi connectivity index (χ0v) is 13.4. The van der Waals surface area contributed by atoms with Gasteiger partial charge in [-0.2, -0.15) is 11.8 Å². The SMILES string of the molecule is CC[C@H](NC(=O)CCCC[C@@H]1SC[C@H]2NC(=O)N[C@H]12)C(=O)O. The molecule has 0 aromatic carbocycles. The molecule has 0 radical (unpaired) electrons. The average molecular weight is 329 g/mol. The summed E-state index contributed by atoms with van der Waals surface area (Å²) in [6, 6.07) is -0.452. The molecule has 0 unspecified atom stereocenters. The number of carbonyl (C=O) groups is 3. The van der Waals surface area contributed by atoms with Gasteiger partial charge in [-0.15, -0.1) is 0 Å². The van der Waals surface area contributed by atoms with Crippen molar-refractivity contribution >= 4 is 29.7 Å². The molecular weight excluding hydrogens is 306 g/mol. The van der Waals surface area contributed by atoms with Gasteiger partial charge >= 0.3 is 12.0 Å². The zero-order valence-electron chi connectivity index (χ0n) is 12.6. The Labute approximate surface area is 134 Å². The van der Waals surface area contributed by atoms with Gasteiger partial charge < -0.3 is 21.1 Å². The van der Waals surface area contributed by atoms with E-state index in [0.717, 1.165) is 25.0 Å². The molecule has 2 aliphatic rings. The number of nitrogens with one attached hydrogen (secondary N) is 3. The Kier molecular flexibility index (Phi) is 5.93. The molecule has 0 aliphatic carbocycles. The molecule has 124 valence electrons. The van der Waals surface area contributed by atoms with E-state index in [1.54, 1.807) is 6.92 Å². The second-order valence-electron chi connectivity index (χ2n) is 5.73. The summed E-state index contributed by atoms with van der Waals surface area (Å²) in [5, 5.41) is 17.7. The Bertz CT molecular complexity index is 446. The Hall–Kier alpha value is -1.44. The van der Waals surface area contributed by atoms with Gasteiger partial charge in [0.15, 0.2) is 0 Å². The van der Waals surface area contributed by atoms with E-state index in [9.17, 15) is 14.4 Å². The largest absolute Gasteiger partial charge is 0.480 e. The van der Waals surface area contributed by atoms with Crippen molar-refractivity contribution in [2.24, 2.45) is 0 Å². The standard InChI is InChI=1S/C14H23N3O4S/c1-2-8(13(19)20)15-11(18)6-4-3-5-10-12-9(7-22-10)16-14(21)17-12/h8-10,12H,2-7H2,1H3,(H,15,18)(H,19,20)(H2,16,17,21)/t8-,9+,10-,12-/m0/s1. The van der Waals surface area contributed by atoms with Crippen molar-refractivity contribution in [1.82, 2.24) is 16.0 Å². The maximum Gasteiger partial charge on any atom is 0.326 e. The monoisotopic (exact) mass is 329 g/mol. The van der Waals surface area contributed by atoms with E-state index in [-0.39, 0.29) is 24.0 Å². The fourth-order valence-electron chi connectivity index (χ4n) is 2.88. The minimum Gasteiger partial charge on any atom is -0.480 e. The van der Waals surface area contributed by atoms with E-state index >= 15 is 0 Å². The van der Waals surface area contributed by atoms with Crippen LogP contribution in [0.15, 0.2) is 0 Å². The van der Waals surface area contributed by atoms with Crippen LogP contribution in [-0.2, 0) is 9.59 Å². The second kappa shape index (κ2) is 7.71. The van der Waals surface area contributed by atoms with Gasteiger partial charge in [-0.3, -0.25) is 4.79 Å². The van der Waals surface area contributed by atoms with Crippen molar-refractivity contribution in [1.29, 1.82) is 0 Å². The first-order valence-electron chi connectivity index (χ1n) is 7.72. The first kappa shape index (κ1) is 16.9. The lowest BCUT2D eigenvalue weighted by Gasteiger charge is -2.16. The lowest BCUT2D eigenvalue weighted by molar-refractivity contribution is -0.141. The molecular formula is C14H23N3O4S. The van der Waals surface area contributed by atoms with Crippen molar-refractivity contribution < 1.29 is 19.5 Å². The molecule has 0 aromatic heterocycles. The van der Waals surface area contributed by atoms with Crippen molar-refractivity contribution in [3.63, 3.8) is 0 Å². The molecule has 0 spiro atoms. The van der Waals surface area contributed by atoms with Crippen LogP contribution >= 0.6 is 11.8 Å². The van der Waals surface area contributed by atoms with E-state index in [4.69, 9.17) is 5.11 Å². The third kappa shape index (κ3) is 4.28. The number of hydrogen-bond donors (Lipinski definition) is 4. The first-order valence-corrected chi connectivity index (χ1v) is 8.77. The van der Waals surface area contributed by atoms with Gasteiger partial charge in [-0.1, -0.05) is 13.3 Å². The molecule has 7 nitrogen and oxygen atoms in total. The number of urea groups is 1. The van der Waals surface area contributed by atoms with E-state index in [1.807, 2.05) is 11.8 Å². The summed E-state index contributed by atoms with van der Waals surface area (Å²) in [6.07, 6.45) is 3.32. The summed E-state index contributed by atoms with van der Waals surface area (Å²) >= 11 is 1.86. The zero-order chi connectivity index (χ0) is 16.1. The van der Waals surface area contributed by atoms with Crippen LogP contribution in [0.25, 0.3) is 0 Å². The van der Waals surface area contributed by atoms with Gasteiger partial charge in [-0.05, 0) is 19.3 Å². The van der Waals surface area contributed by atoms with Crippen LogP contribution in [0, 0.1) is 0 Å². The number of fused-ring (bicyclic) bond motifs is 1. The number of thioether (sulfide) groups is 1. The van der Waals surface area contributed by atoms with Gasteiger partial charge in [0.05, 0.1) is 12.1 Å². The molecule has 2 saturated heterocycles. The van der Waals surface area contributed by atoms with Gasteiger partial charge in [-0.25, -0.2) is 9.59 Å². The molecule has 2 aliphatic heterocycles. The third-order valence-electron chi connectivity index (χ3n) is 4.12. The third-order valence-corrected chi connectivity index (χ3v) is 5.63. The molecule has 0 aromatic rings. The number of unbranched alkanes of at least 4 members (excludes halogenated alkanes) is 1. The smallest absolute Gasteiger partial charge is 0.326 e. The van der Waals surface area contributed by atoms with Crippen molar-refractivity contribution in [2.75, 3.05) is 5.75 Å². The molecule has 0 bridgehead atoms. The Morgan fingerprint density at radius 1 is 1.41 bits per heavy atom. The molecule has 2 fully saturated rings. The van der Waals surface area contributed by atoms with Crippen LogP contribution in [0.4, 0.5) is 4.79 Å². The van der Waals surface area contributed by atoms with E-state index in [2.05, 4.69) is 16.0 Å². The fourth-order valence-corrected chi connectivity index (χ4v) is 4.42. The number of carboxylic acids is 1. The molecule has 8 heteroatoms. The number of amides is 3. The van der Waals surface area contributed by atoms with Crippen LogP contribution in [0.3, 0.4) is 0 Å². The van der Waals surface area contributed by atoms with E-state index in [1.165, 1.54) is 0 Å². The van der Waals surface area contributed by atoms with Crippen LogP contribution < -0.4 is 16.0 Å². The first-order chi connectivity index (χ1) is 10.5. The second-order valence-corrected chi connectivity index (χ2v) is 7.01. The summed E-state index contributed by atoms with van der Waals surface area (Å²) < 4.78 is 0. The summed E-state index contributed by atoms with van der Waals surface area (Å²) in [5.41, 5.74) is 0. The Morgan fingerprint density at radius 3 is 2.86 bits per heavy atom. The highest BCUT2D eigenvalue weighted by Gasteiger charge is 2.42. The van der Waals surface area contributed by atoms with Crippen LogP contribution in [0.1, 0.15) is 39.0 Å². The maximum atomic E-state index is 11.7. The number of hydrogen-bond acceptors (Lipinski definition) is 4. The highest BCUT2D eigenvalue weighted by atomic mass is 32.2. The van der Waals surface area contributed by atoms with Gasteiger partial charge in [0, 0.05) is 17.4 Å². The predicted octanol–water partition coefficient (Wildman–Crippen LogP) is 0.692. The lowest BCUT2D eigenvalue weighted by Crippen LogP contribution is -2.40. The van der Waals surface area contributed by atoms with E-state index < -0.39 is 12.0 Å². The predicted molar refractivity (Wildman–Crippen MR) is 83.8 cm³/mol. The summed E-state index contributed by atoms with van der Waals surface area (Å²) in [4.78, 5) is 33.8. The fraction of sp³-hybridized carbons (Fsp3) is 0.786. The quantitative estimate of drug-likeness (QED) is 0.387. The Balaban J connectivity index is 1.62. The van der Waals surface area contributed by atoms with Gasteiger partial charge in [0.1, 0.15) is 6.04 Å². The molecule has 2 heterocycles. The normalized spacial score (nSPS) is 27.7. The average Bonchev–Trinajstić information content (AvgIpc) is 3.00. The number of rotatable bonds is 8. The van der Waals surface area contributed by atoms with Crippen molar-refractivity contribution in [2.45, 2.75) is 62.4 Å². The van der Waals surface area contributed by atoms with Gasteiger partial charge in [0.25, 0.3) is 0 Å². The molecule has 0 saturated carbocycles. The summed E-state index contributed by atoms with van der Waals surface area (Å²) in [7, 11) is 0. The minimum absolute atomic E-state index is 0.0843. The van der Waals surface area contributed by atoms with Crippen LogP contribution in [0.2, 0.25) is 0 Å². The number of carboxylic acid groups (broad SMARTS) is 1. The molecule has 3 amide bonds. The minimum atomic E-state index is -0.992. The van der Waals surface area contributed by atoms with Crippen molar-refractivity contribution in [3.05, 3.63) is 0 Å². The Morgan fingerprint density at radius 2 is 2.18 bits per heavy atom. The van der Waals surface area contributed by atoms with Crippen LogP contribution in [0.5, 0.6) is 0 Å². The number of aliphatic carboxylic acids is 1. The highest BCUT2D eigenvalue weighted by Crippen LogP contribution is 2.33. The summed E-state index contributed by atoms with van der Waals surface area (Å²) in [5.74, 6) is -0.263. The maximum absolute atomic E-state index is 11.7. The number of carbonyl (C=O) groups excluding carboxylic acids is 2. The molecule has 2 rings (SSSR count). The topological polar surface area (TPSA) is 108 Å². The van der Waals surface area contributed by atoms with Crippen molar-refractivity contribution in [3.8, 4) is 0 Å². The van der Waals surface area contributed by atoms with E-state index in [0.29, 0.717) is 18.1 Å². The molecule has 4 atom stereocenters. The molecule has 4 N–H and O–H groups in total. The molecule has 22 heavy (non-hydrogen) atoms. The highest BCUT2D eigenvalue weighted by molar-refractivity contribution is 8.00. The van der Waals surface area contributed by atoms with Crippen LogP contribution in [-0.4, -0.2) is 52.1 Å².